The molecule has 1 aromatic heterocycles. The van der Waals surface area contributed by atoms with Crippen molar-refractivity contribution in [3.63, 3.8) is 0 Å². The first-order chi connectivity index (χ1) is 31.2. The smallest absolute Gasteiger partial charge is 0.226 e. The highest BCUT2D eigenvalue weighted by Gasteiger charge is 2.58. The second-order valence-electron chi connectivity index (χ2n) is 18.8. The highest BCUT2D eigenvalue weighted by atomic mass is 17.2. The number of carbonyl (C=O) groups excluding carboxylic acids is 1. The Hall–Kier alpha value is -5.59. The molecular formula is C49H53N3O13. The molecular weight excluding hydrogens is 839 g/mol. The van der Waals surface area contributed by atoms with E-state index in [9.17, 15) is 45.3 Å². The number of carbonyl (C=O) groups is 1. The van der Waals surface area contributed by atoms with Crippen molar-refractivity contribution in [2.24, 2.45) is 22.2 Å². The van der Waals surface area contributed by atoms with Gasteiger partial charge < -0.3 is 55.1 Å². The summed E-state index contributed by atoms with van der Waals surface area (Å²) in [7, 11) is 0. The van der Waals surface area contributed by atoms with E-state index in [1.54, 1.807) is 19.2 Å². The second kappa shape index (κ2) is 16.4. The molecule has 1 amide bonds. The van der Waals surface area contributed by atoms with Crippen LogP contribution in [0.15, 0.2) is 92.4 Å². The van der Waals surface area contributed by atoms with Gasteiger partial charge in [-0.25, -0.2) is 9.78 Å². The molecule has 4 aromatic rings. The van der Waals surface area contributed by atoms with Gasteiger partial charge in [-0.15, -0.1) is 0 Å². The number of aliphatic hydroxyl groups excluding tert-OH is 4. The molecule has 10 rings (SSSR count). The Morgan fingerprint density at radius 1 is 1.05 bits per heavy atom. The van der Waals surface area contributed by atoms with Crippen LogP contribution in [-0.4, -0.2) is 110 Å². The van der Waals surface area contributed by atoms with Crippen molar-refractivity contribution in [3.05, 3.63) is 105 Å². The maximum absolute atomic E-state index is 13.7. The molecule has 16 nitrogen and oxygen atoms in total. The minimum atomic E-state index is -2.41. The first-order valence-electron chi connectivity index (χ1n) is 22.3. The maximum Gasteiger partial charge on any atom is 0.226 e. The summed E-state index contributed by atoms with van der Waals surface area (Å²) >= 11 is 0. The van der Waals surface area contributed by atoms with Crippen molar-refractivity contribution in [3.8, 4) is 17.2 Å². The third-order valence-electron chi connectivity index (χ3n) is 14.8. The van der Waals surface area contributed by atoms with Crippen LogP contribution in [-0.2, 0) is 27.4 Å². The van der Waals surface area contributed by atoms with Crippen LogP contribution >= 0.6 is 0 Å². The standard InChI is InChI=1S/C49H53N3O13/c1-26-15-38(56)34-16-30-17-40(65-62-25-48(61,45(59)42(58)39(57)24-53)19-27-6-9-37(55)32-8-7-31(54)18-33(27)32)49(13-4-5-28(20-49)35-21-51-46(60)47(35)11-2-3-12-47)64-43(30)41(44(34)63-26)52-22-29-10-14-50-36(29)23-52/h4-10,14-16,18,23,28,35,39-40,42,45,53-55,57-59,61H,2-3,11-13,17,19-22,24-25H2,1H3,(H,51,60). The maximum atomic E-state index is 13.7. The fraction of sp³-hybridized carbons (Fsp3) is 0.449. The molecule has 65 heavy (non-hydrogen) atoms. The monoisotopic (exact) mass is 891 g/mol. The number of ether oxygens (including phenoxy) is 1. The van der Waals surface area contributed by atoms with Crippen LogP contribution < -0.4 is 20.4 Å². The van der Waals surface area contributed by atoms with Gasteiger partial charge in [0.1, 0.15) is 65.2 Å². The molecule has 1 saturated carbocycles. The lowest BCUT2D eigenvalue weighted by Crippen LogP contribution is -2.58. The molecule has 342 valence electrons. The molecule has 8 unspecified atom stereocenters. The van der Waals surface area contributed by atoms with Crippen LogP contribution in [0.4, 0.5) is 5.69 Å². The Morgan fingerprint density at radius 3 is 2.65 bits per heavy atom. The van der Waals surface area contributed by atoms with Crippen molar-refractivity contribution in [1.82, 2.24) is 5.32 Å². The van der Waals surface area contributed by atoms with Crippen molar-refractivity contribution >= 4 is 39.6 Å². The van der Waals surface area contributed by atoms with Gasteiger partial charge in [0.25, 0.3) is 0 Å². The number of benzene rings is 3. The molecule has 0 radical (unpaired) electrons. The largest absolute Gasteiger partial charge is 0.508 e. The summed E-state index contributed by atoms with van der Waals surface area (Å²) in [5.74, 6) is 0.624. The van der Waals surface area contributed by atoms with Crippen LogP contribution in [0.5, 0.6) is 17.2 Å². The van der Waals surface area contributed by atoms with E-state index in [0.29, 0.717) is 76.0 Å². The summed E-state index contributed by atoms with van der Waals surface area (Å²) in [6, 6.07) is 10.3. The van der Waals surface area contributed by atoms with Gasteiger partial charge in [-0.05, 0) is 85.4 Å². The third-order valence-corrected chi connectivity index (χ3v) is 14.8. The zero-order chi connectivity index (χ0) is 45.4. The number of phenolic OH excluding ortho intramolecular Hbond substituents is 2. The molecule has 2 aliphatic carbocycles. The Morgan fingerprint density at radius 2 is 1.86 bits per heavy atom. The minimum absolute atomic E-state index is 0.0269. The van der Waals surface area contributed by atoms with Crippen molar-refractivity contribution in [2.45, 2.75) is 93.9 Å². The number of nitrogens with zero attached hydrogens (tertiary/aromatic N) is 2. The first kappa shape index (κ1) is 43.3. The number of allylic oxidation sites excluding steroid dienone is 2. The molecule has 1 saturated heterocycles. The second-order valence-corrected chi connectivity index (χ2v) is 18.8. The average Bonchev–Trinajstić information content (AvgIpc) is 4.10. The van der Waals surface area contributed by atoms with Crippen LogP contribution in [0.1, 0.15) is 55.4 Å². The molecule has 5 heterocycles. The number of rotatable bonds is 12. The lowest BCUT2D eigenvalue weighted by molar-refractivity contribution is -0.373. The predicted molar refractivity (Wildman–Crippen MR) is 237 cm³/mol. The summed E-state index contributed by atoms with van der Waals surface area (Å²) in [5.41, 5.74) is -0.654. The molecule has 2 fully saturated rings. The van der Waals surface area contributed by atoms with Gasteiger partial charge in [-0.1, -0.05) is 31.1 Å². The van der Waals surface area contributed by atoms with E-state index >= 15 is 0 Å². The van der Waals surface area contributed by atoms with E-state index in [0.717, 1.165) is 37.0 Å². The third kappa shape index (κ3) is 7.31. The molecule has 8 N–H and O–H groups in total. The Bertz CT molecular complexity index is 2760. The van der Waals surface area contributed by atoms with E-state index in [4.69, 9.17) is 18.9 Å². The molecule has 0 bridgehead atoms. The zero-order valence-electron chi connectivity index (χ0n) is 35.9. The summed E-state index contributed by atoms with van der Waals surface area (Å²) in [6.07, 6.45) is 6.86. The Labute approximate surface area is 373 Å². The molecule has 3 aromatic carbocycles. The van der Waals surface area contributed by atoms with Crippen molar-refractivity contribution in [1.29, 1.82) is 0 Å². The van der Waals surface area contributed by atoms with Crippen LogP contribution in [0.3, 0.4) is 0 Å². The average molecular weight is 892 g/mol. The molecule has 16 heteroatoms. The fourth-order valence-electron chi connectivity index (χ4n) is 11.4. The van der Waals surface area contributed by atoms with E-state index in [1.165, 1.54) is 36.4 Å². The molecule has 4 aliphatic heterocycles. The van der Waals surface area contributed by atoms with E-state index in [2.05, 4.69) is 16.4 Å². The van der Waals surface area contributed by atoms with Crippen LogP contribution in [0.25, 0.3) is 21.7 Å². The van der Waals surface area contributed by atoms with Crippen molar-refractivity contribution < 1.29 is 59.5 Å². The quantitative estimate of drug-likeness (QED) is 0.0576. The first-order valence-corrected chi connectivity index (χ1v) is 22.3. The van der Waals surface area contributed by atoms with Gasteiger partial charge in [0.15, 0.2) is 16.8 Å². The summed E-state index contributed by atoms with van der Waals surface area (Å²) in [4.78, 5) is 46.2. The van der Waals surface area contributed by atoms with Crippen LogP contribution in [0.2, 0.25) is 0 Å². The number of nitrogens with one attached hydrogen (secondary N) is 1. The van der Waals surface area contributed by atoms with Gasteiger partial charge in [0.05, 0.1) is 29.6 Å². The highest BCUT2D eigenvalue weighted by Crippen LogP contribution is 2.56. The summed E-state index contributed by atoms with van der Waals surface area (Å²) in [6.45, 7) is 0.980. The number of anilines is 1. The number of amides is 1. The predicted octanol–water partition coefficient (Wildman–Crippen LogP) is 3.65. The number of aromatic hydroxyl groups is 2. The number of fused-ring (bicyclic) bond motifs is 4. The lowest BCUT2D eigenvalue weighted by Gasteiger charge is -2.49. The number of phenols is 2. The SMILES string of the molecule is Cc1cc(=O)c2cc3c(c(N4C=C5N=CC=C5C4)c2o1)OC1(CC=CC(C2CNC(=O)C24CCCC4)C1)C(OOCC(O)(Cc1ccc(O)c2ccc(O)cc12)C(O)C(O)C(O)CO)C3. The summed E-state index contributed by atoms with van der Waals surface area (Å²) < 4.78 is 13.7. The number of aliphatic imine (C=N–C) groups is 1. The molecule has 8 atom stereocenters. The van der Waals surface area contributed by atoms with E-state index < -0.39 is 60.7 Å². The normalized spacial score (nSPS) is 26.5. The van der Waals surface area contributed by atoms with Gasteiger partial charge in [-0.2, -0.15) is 0 Å². The minimum Gasteiger partial charge on any atom is -0.508 e. The molecule has 6 aliphatic rings. The topological polar surface area (TPSA) is 244 Å². The number of hydrogen-bond acceptors (Lipinski definition) is 15. The van der Waals surface area contributed by atoms with Crippen LogP contribution in [0, 0.1) is 24.2 Å². The number of aryl methyl sites for hydroxylation is 1. The van der Waals surface area contributed by atoms with Gasteiger partial charge in [0.2, 0.25) is 5.91 Å². The summed E-state index contributed by atoms with van der Waals surface area (Å²) in [5, 5.41) is 80.2. The van der Waals surface area contributed by atoms with Gasteiger partial charge in [0, 0.05) is 60.8 Å². The fourth-order valence-corrected chi connectivity index (χ4v) is 11.4. The number of aliphatic hydroxyl groups is 5. The van der Waals surface area contributed by atoms with Gasteiger partial charge >= 0.3 is 0 Å². The Kier molecular flexibility index (Phi) is 10.9. The Balaban J connectivity index is 1.04. The number of hydrogen-bond donors (Lipinski definition) is 8. The van der Waals surface area contributed by atoms with E-state index in [1.807, 2.05) is 23.3 Å². The van der Waals surface area contributed by atoms with E-state index in [-0.39, 0.29) is 41.1 Å². The lowest BCUT2D eigenvalue weighted by atomic mass is 9.64. The van der Waals surface area contributed by atoms with Gasteiger partial charge in [-0.3, -0.25) is 14.6 Å². The molecule has 2 spiro atoms. The van der Waals surface area contributed by atoms with Crippen molar-refractivity contribution in [2.75, 3.05) is 31.2 Å². The highest BCUT2D eigenvalue weighted by molar-refractivity contribution is 5.96. The zero-order valence-corrected chi connectivity index (χ0v) is 35.9.